The molecule has 7 nitrogen and oxygen atoms in total. The van der Waals surface area contributed by atoms with Gasteiger partial charge >= 0.3 is 0 Å². The molecule has 1 saturated heterocycles. The number of aromatic nitrogens is 3. The topological polar surface area (TPSA) is 80.1 Å². The summed E-state index contributed by atoms with van der Waals surface area (Å²) in [7, 11) is 0. The fourth-order valence-corrected chi connectivity index (χ4v) is 3.62. The molecule has 0 atom stereocenters. The third-order valence-electron chi connectivity index (χ3n) is 4.95. The first-order valence-corrected chi connectivity index (χ1v) is 9.75. The third kappa shape index (κ3) is 3.76. The standard InChI is InChI=1S/C22H23N5O2/c1-15(2)21-18(14-24-27(21)19-9-3-4-11-23-19)22(29)25-16-7-5-8-17(13-16)26-12-6-10-20(26)28/h3-5,7-9,11,13-15H,6,10,12H2,1-2H3,(H,25,29). The Balaban J connectivity index is 1.61. The molecule has 1 aliphatic rings. The Kier molecular flexibility index (Phi) is 5.12. The van der Waals surface area contributed by atoms with Crippen LogP contribution in [-0.4, -0.2) is 33.1 Å². The molecule has 1 N–H and O–H groups in total. The fraction of sp³-hybridized carbons (Fsp3) is 0.273. The summed E-state index contributed by atoms with van der Waals surface area (Å²) in [6.45, 7) is 4.75. The molecule has 4 rings (SSSR count). The van der Waals surface area contributed by atoms with Crippen molar-refractivity contribution in [1.29, 1.82) is 0 Å². The van der Waals surface area contributed by atoms with Crippen molar-refractivity contribution in [1.82, 2.24) is 14.8 Å². The van der Waals surface area contributed by atoms with Crippen LogP contribution in [0.4, 0.5) is 11.4 Å². The first-order valence-electron chi connectivity index (χ1n) is 9.75. The van der Waals surface area contributed by atoms with E-state index < -0.39 is 0 Å². The quantitative estimate of drug-likeness (QED) is 0.720. The average molecular weight is 389 g/mol. The lowest BCUT2D eigenvalue weighted by Crippen LogP contribution is -2.23. The van der Waals surface area contributed by atoms with Crippen LogP contribution in [0.2, 0.25) is 0 Å². The van der Waals surface area contributed by atoms with Gasteiger partial charge in [-0.15, -0.1) is 0 Å². The van der Waals surface area contributed by atoms with Crippen LogP contribution in [0.1, 0.15) is 48.7 Å². The molecule has 29 heavy (non-hydrogen) atoms. The highest BCUT2D eigenvalue weighted by atomic mass is 16.2. The zero-order chi connectivity index (χ0) is 20.4. The van der Waals surface area contributed by atoms with E-state index in [0.717, 1.165) is 17.8 Å². The Hall–Kier alpha value is -3.48. The van der Waals surface area contributed by atoms with E-state index in [1.165, 1.54) is 0 Å². The molecule has 2 aromatic heterocycles. The molecule has 0 unspecified atom stereocenters. The van der Waals surface area contributed by atoms with Crippen LogP contribution >= 0.6 is 0 Å². The minimum Gasteiger partial charge on any atom is -0.322 e. The number of carbonyl (C=O) groups excluding carboxylic acids is 2. The summed E-state index contributed by atoms with van der Waals surface area (Å²) in [5, 5.41) is 7.35. The Morgan fingerprint density at radius 3 is 2.72 bits per heavy atom. The number of nitrogens with one attached hydrogen (secondary N) is 1. The maximum atomic E-state index is 13.0. The van der Waals surface area contributed by atoms with Crippen LogP contribution in [0.3, 0.4) is 0 Å². The number of anilines is 2. The third-order valence-corrected chi connectivity index (χ3v) is 4.95. The molecule has 3 heterocycles. The molecule has 148 valence electrons. The van der Waals surface area contributed by atoms with Gasteiger partial charge in [0.2, 0.25) is 5.91 Å². The summed E-state index contributed by atoms with van der Waals surface area (Å²) in [5.41, 5.74) is 2.76. The Bertz CT molecular complexity index is 1040. The zero-order valence-electron chi connectivity index (χ0n) is 16.5. The normalized spacial score (nSPS) is 13.9. The maximum absolute atomic E-state index is 13.0. The summed E-state index contributed by atoms with van der Waals surface area (Å²) in [6, 6.07) is 13.0. The molecule has 1 aliphatic heterocycles. The van der Waals surface area contributed by atoms with Crippen LogP contribution in [0, 0.1) is 0 Å². The van der Waals surface area contributed by atoms with Crippen LogP contribution in [-0.2, 0) is 4.79 Å². The van der Waals surface area contributed by atoms with E-state index in [4.69, 9.17) is 0 Å². The van der Waals surface area contributed by atoms with Gasteiger partial charge in [-0.3, -0.25) is 9.59 Å². The highest BCUT2D eigenvalue weighted by Crippen LogP contribution is 2.26. The Labute approximate surface area is 169 Å². The van der Waals surface area contributed by atoms with Crippen molar-refractivity contribution < 1.29 is 9.59 Å². The summed E-state index contributed by atoms with van der Waals surface area (Å²) >= 11 is 0. The van der Waals surface area contributed by atoms with Gasteiger partial charge in [0.1, 0.15) is 0 Å². The Morgan fingerprint density at radius 2 is 2.03 bits per heavy atom. The van der Waals surface area contributed by atoms with Crippen molar-refractivity contribution in [2.24, 2.45) is 0 Å². The van der Waals surface area contributed by atoms with E-state index in [9.17, 15) is 9.59 Å². The van der Waals surface area contributed by atoms with Crippen molar-refractivity contribution in [2.75, 3.05) is 16.8 Å². The highest BCUT2D eigenvalue weighted by Gasteiger charge is 2.23. The maximum Gasteiger partial charge on any atom is 0.259 e. The summed E-state index contributed by atoms with van der Waals surface area (Å²) in [4.78, 5) is 31.1. The van der Waals surface area contributed by atoms with Gasteiger partial charge in [-0.25, -0.2) is 9.67 Å². The van der Waals surface area contributed by atoms with E-state index in [1.807, 2.05) is 56.3 Å². The molecule has 0 bridgehead atoms. The largest absolute Gasteiger partial charge is 0.322 e. The lowest BCUT2D eigenvalue weighted by Gasteiger charge is -2.17. The van der Waals surface area contributed by atoms with E-state index in [1.54, 1.807) is 22.0 Å². The SMILES string of the molecule is CC(C)c1c(C(=O)Nc2cccc(N3CCCC3=O)c2)cnn1-c1ccccn1. The molecule has 3 aromatic rings. The number of rotatable bonds is 5. The van der Waals surface area contributed by atoms with Crippen LogP contribution < -0.4 is 10.2 Å². The second kappa shape index (κ2) is 7.87. The predicted molar refractivity (Wildman–Crippen MR) is 111 cm³/mol. The molecular weight excluding hydrogens is 366 g/mol. The summed E-state index contributed by atoms with van der Waals surface area (Å²) < 4.78 is 1.71. The molecule has 0 saturated carbocycles. The molecule has 0 spiro atoms. The van der Waals surface area contributed by atoms with E-state index in [-0.39, 0.29) is 17.7 Å². The molecule has 1 aromatic carbocycles. The van der Waals surface area contributed by atoms with Crippen LogP contribution in [0.15, 0.2) is 54.9 Å². The number of nitrogens with zero attached hydrogens (tertiary/aromatic N) is 4. The van der Waals surface area contributed by atoms with E-state index in [2.05, 4.69) is 15.4 Å². The first kappa shape index (κ1) is 18.9. The average Bonchev–Trinajstić information content (AvgIpc) is 3.35. The van der Waals surface area contributed by atoms with Gasteiger partial charge < -0.3 is 10.2 Å². The molecule has 1 fully saturated rings. The minimum atomic E-state index is -0.235. The van der Waals surface area contributed by atoms with Gasteiger partial charge in [0, 0.05) is 30.5 Å². The Morgan fingerprint density at radius 1 is 1.17 bits per heavy atom. The molecule has 2 amide bonds. The lowest BCUT2D eigenvalue weighted by molar-refractivity contribution is -0.117. The van der Waals surface area contributed by atoms with Crippen molar-refractivity contribution in [3.8, 4) is 5.82 Å². The minimum absolute atomic E-state index is 0.0776. The zero-order valence-corrected chi connectivity index (χ0v) is 16.5. The molecule has 0 aliphatic carbocycles. The van der Waals surface area contributed by atoms with Crippen LogP contribution in [0.5, 0.6) is 0 Å². The predicted octanol–water partition coefficient (Wildman–Crippen LogP) is 3.77. The first-order chi connectivity index (χ1) is 14.0. The summed E-state index contributed by atoms with van der Waals surface area (Å²) in [6.07, 6.45) is 4.71. The van der Waals surface area contributed by atoms with Gasteiger partial charge in [0.15, 0.2) is 5.82 Å². The van der Waals surface area contributed by atoms with Gasteiger partial charge in [-0.2, -0.15) is 5.10 Å². The highest BCUT2D eigenvalue weighted by molar-refractivity contribution is 6.05. The van der Waals surface area contributed by atoms with Gasteiger partial charge in [0.25, 0.3) is 5.91 Å². The lowest BCUT2D eigenvalue weighted by atomic mass is 10.1. The molecule has 7 heteroatoms. The molecular formula is C22H23N5O2. The van der Waals surface area contributed by atoms with E-state index in [0.29, 0.717) is 30.0 Å². The van der Waals surface area contributed by atoms with Gasteiger partial charge in [-0.05, 0) is 42.7 Å². The van der Waals surface area contributed by atoms with Crippen LogP contribution in [0.25, 0.3) is 5.82 Å². The number of benzene rings is 1. The number of amides is 2. The van der Waals surface area contributed by atoms with Gasteiger partial charge in [0.05, 0.1) is 17.5 Å². The van der Waals surface area contributed by atoms with Crippen molar-refractivity contribution in [2.45, 2.75) is 32.6 Å². The molecule has 0 radical (unpaired) electrons. The van der Waals surface area contributed by atoms with Crippen molar-refractivity contribution >= 4 is 23.2 Å². The fourth-order valence-electron chi connectivity index (χ4n) is 3.62. The second-order valence-corrected chi connectivity index (χ2v) is 7.35. The second-order valence-electron chi connectivity index (χ2n) is 7.35. The number of carbonyl (C=O) groups is 2. The smallest absolute Gasteiger partial charge is 0.259 e. The van der Waals surface area contributed by atoms with Gasteiger partial charge in [-0.1, -0.05) is 26.0 Å². The van der Waals surface area contributed by atoms with Crippen molar-refractivity contribution in [3.63, 3.8) is 0 Å². The number of hydrogen-bond acceptors (Lipinski definition) is 4. The number of pyridine rings is 1. The van der Waals surface area contributed by atoms with E-state index >= 15 is 0 Å². The summed E-state index contributed by atoms with van der Waals surface area (Å²) in [5.74, 6) is 0.631. The number of hydrogen-bond donors (Lipinski definition) is 1. The monoisotopic (exact) mass is 389 g/mol. The van der Waals surface area contributed by atoms with Crippen molar-refractivity contribution in [3.05, 3.63) is 66.1 Å².